The molecular weight excluding hydrogens is 268 g/mol. The SMILES string of the molecule is CN1CCCC(CN(C)CC(O)COCC2CCCO2)C1. The lowest BCUT2D eigenvalue weighted by Crippen LogP contribution is -2.41. The molecule has 0 aliphatic carbocycles. The number of likely N-dealkylation sites (N-methyl/N-ethyl adjacent to an activating group) is 1. The molecule has 0 aromatic carbocycles. The molecule has 0 amide bonds. The lowest BCUT2D eigenvalue weighted by Gasteiger charge is -2.33. The number of nitrogens with zero attached hydrogens (tertiary/aromatic N) is 2. The van der Waals surface area contributed by atoms with Crippen molar-refractivity contribution >= 4 is 0 Å². The van der Waals surface area contributed by atoms with E-state index in [1.165, 1.54) is 25.9 Å². The summed E-state index contributed by atoms with van der Waals surface area (Å²) in [6, 6.07) is 0. The van der Waals surface area contributed by atoms with Gasteiger partial charge in [-0.05, 0) is 52.2 Å². The van der Waals surface area contributed by atoms with Crippen molar-refractivity contribution in [1.29, 1.82) is 0 Å². The zero-order chi connectivity index (χ0) is 15.1. The molecule has 2 rings (SSSR count). The summed E-state index contributed by atoms with van der Waals surface area (Å²) in [4.78, 5) is 4.65. The number of hydrogen-bond donors (Lipinski definition) is 1. The van der Waals surface area contributed by atoms with E-state index in [0.717, 1.165) is 31.9 Å². The highest BCUT2D eigenvalue weighted by molar-refractivity contribution is 4.74. The molecule has 0 saturated carbocycles. The van der Waals surface area contributed by atoms with Gasteiger partial charge in [0.15, 0.2) is 0 Å². The van der Waals surface area contributed by atoms with Gasteiger partial charge < -0.3 is 24.4 Å². The van der Waals surface area contributed by atoms with Crippen LogP contribution < -0.4 is 0 Å². The highest BCUT2D eigenvalue weighted by atomic mass is 16.5. The zero-order valence-corrected chi connectivity index (χ0v) is 13.7. The monoisotopic (exact) mass is 300 g/mol. The zero-order valence-electron chi connectivity index (χ0n) is 13.7. The standard InChI is InChI=1S/C16H32N2O3/c1-17-7-3-5-14(9-17)10-18(2)11-15(19)12-20-13-16-6-4-8-21-16/h14-16,19H,3-13H2,1-2H3. The van der Waals surface area contributed by atoms with Crippen molar-refractivity contribution in [2.24, 2.45) is 5.92 Å². The number of aliphatic hydroxyl groups excluding tert-OH is 1. The Kier molecular flexibility index (Phi) is 7.40. The minimum absolute atomic E-state index is 0.243. The third-order valence-electron chi connectivity index (χ3n) is 4.45. The minimum atomic E-state index is -0.405. The lowest BCUT2D eigenvalue weighted by atomic mass is 9.98. The van der Waals surface area contributed by atoms with E-state index >= 15 is 0 Å². The van der Waals surface area contributed by atoms with E-state index in [1.54, 1.807) is 0 Å². The second-order valence-corrected chi connectivity index (χ2v) is 6.82. The summed E-state index contributed by atoms with van der Waals surface area (Å²) in [5.41, 5.74) is 0. The maximum absolute atomic E-state index is 10.1. The topological polar surface area (TPSA) is 45.2 Å². The van der Waals surface area contributed by atoms with Gasteiger partial charge in [0.05, 0.1) is 25.4 Å². The van der Waals surface area contributed by atoms with Gasteiger partial charge in [-0.2, -0.15) is 0 Å². The Morgan fingerprint density at radius 3 is 2.95 bits per heavy atom. The van der Waals surface area contributed by atoms with Crippen LogP contribution in [0.2, 0.25) is 0 Å². The molecule has 1 N–H and O–H groups in total. The Morgan fingerprint density at radius 2 is 2.24 bits per heavy atom. The number of piperidine rings is 1. The van der Waals surface area contributed by atoms with Crippen LogP contribution in [0.15, 0.2) is 0 Å². The summed E-state index contributed by atoms with van der Waals surface area (Å²) in [7, 11) is 4.29. The van der Waals surface area contributed by atoms with Gasteiger partial charge in [0, 0.05) is 26.2 Å². The van der Waals surface area contributed by atoms with Gasteiger partial charge in [-0.3, -0.25) is 0 Å². The fourth-order valence-electron chi connectivity index (χ4n) is 3.46. The largest absolute Gasteiger partial charge is 0.389 e. The first kappa shape index (κ1) is 17.2. The molecule has 0 aromatic rings. The van der Waals surface area contributed by atoms with E-state index in [1.807, 2.05) is 0 Å². The van der Waals surface area contributed by atoms with Gasteiger partial charge >= 0.3 is 0 Å². The van der Waals surface area contributed by atoms with E-state index in [4.69, 9.17) is 9.47 Å². The van der Waals surface area contributed by atoms with Gasteiger partial charge in [-0.15, -0.1) is 0 Å². The maximum atomic E-state index is 10.1. The third-order valence-corrected chi connectivity index (χ3v) is 4.45. The number of aliphatic hydroxyl groups is 1. The van der Waals surface area contributed by atoms with Crippen molar-refractivity contribution in [3.05, 3.63) is 0 Å². The van der Waals surface area contributed by atoms with Crippen LogP contribution in [0.1, 0.15) is 25.7 Å². The van der Waals surface area contributed by atoms with Gasteiger partial charge in [-0.25, -0.2) is 0 Å². The highest BCUT2D eigenvalue weighted by Crippen LogP contribution is 2.16. The summed E-state index contributed by atoms with van der Waals surface area (Å²) >= 11 is 0. The van der Waals surface area contributed by atoms with Crippen LogP contribution in [-0.4, -0.2) is 87.2 Å². The summed E-state index contributed by atoms with van der Waals surface area (Å²) in [5, 5.41) is 10.1. The smallest absolute Gasteiger partial charge is 0.0900 e. The second kappa shape index (κ2) is 9.06. The molecular formula is C16H32N2O3. The van der Waals surface area contributed by atoms with Crippen molar-refractivity contribution in [3.8, 4) is 0 Å². The number of rotatable bonds is 8. The Hall–Kier alpha value is -0.200. The first-order valence-corrected chi connectivity index (χ1v) is 8.38. The fraction of sp³-hybridized carbons (Fsp3) is 1.00. The predicted molar refractivity (Wildman–Crippen MR) is 83.5 cm³/mol. The van der Waals surface area contributed by atoms with E-state index in [2.05, 4.69) is 23.9 Å². The van der Waals surface area contributed by atoms with Crippen molar-refractivity contribution in [1.82, 2.24) is 9.80 Å². The van der Waals surface area contributed by atoms with Gasteiger partial charge in [-0.1, -0.05) is 0 Å². The molecule has 21 heavy (non-hydrogen) atoms. The Balaban J connectivity index is 1.54. The Labute approximate surface area is 129 Å². The lowest BCUT2D eigenvalue weighted by molar-refractivity contribution is -0.0247. The summed E-state index contributed by atoms with van der Waals surface area (Å²) in [6.45, 7) is 6.03. The van der Waals surface area contributed by atoms with Crippen LogP contribution in [0.3, 0.4) is 0 Å². The second-order valence-electron chi connectivity index (χ2n) is 6.82. The summed E-state index contributed by atoms with van der Waals surface area (Å²) < 4.78 is 11.1. The maximum Gasteiger partial charge on any atom is 0.0900 e. The molecule has 0 aromatic heterocycles. The minimum Gasteiger partial charge on any atom is -0.389 e. The Bertz CT molecular complexity index is 285. The average molecular weight is 300 g/mol. The molecule has 0 spiro atoms. The molecule has 2 fully saturated rings. The van der Waals surface area contributed by atoms with Crippen LogP contribution in [-0.2, 0) is 9.47 Å². The van der Waals surface area contributed by atoms with Crippen molar-refractivity contribution in [2.75, 3.05) is 60.1 Å². The molecule has 5 heteroatoms. The third kappa shape index (κ3) is 6.61. The van der Waals surface area contributed by atoms with E-state index in [-0.39, 0.29) is 6.10 Å². The predicted octanol–water partition coefficient (Wildman–Crippen LogP) is 0.817. The van der Waals surface area contributed by atoms with Crippen LogP contribution >= 0.6 is 0 Å². The van der Waals surface area contributed by atoms with Crippen LogP contribution in [0.25, 0.3) is 0 Å². The number of hydrogen-bond acceptors (Lipinski definition) is 5. The van der Waals surface area contributed by atoms with E-state index in [9.17, 15) is 5.11 Å². The molecule has 3 atom stereocenters. The van der Waals surface area contributed by atoms with Gasteiger partial charge in [0.25, 0.3) is 0 Å². The normalized spacial score (nSPS) is 29.1. The molecule has 2 aliphatic heterocycles. The van der Waals surface area contributed by atoms with Crippen molar-refractivity contribution in [2.45, 2.75) is 37.9 Å². The molecule has 2 saturated heterocycles. The average Bonchev–Trinajstić information content (AvgIpc) is 2.91. The number of ether oxygens (including phenoxy) is 2. The first-order chi connectivity index (χ1) is 10.1. The molecule has 0 bridgehead atoms. The molecule has 124 valence electrons. The van der Waals surface area contributed by atoms with Crippen LogP contribution in [0, 0.1) is 5.92 Å². The van der Waals surface area contributed by atoms with Crippen molar-refractivity contribution in [3.63, 3.8) is 0 Å². The van der Waals surface area contributed by atoms with Gasteiger partial charge in [0.2, 0.25) is 0 Å². The summed E-state index contributed by atoms with van der Waals surface area (Å²) in [6.07, 6.45) is 4.66. The highest BCUT2D eigenvalue weighted by Gasteiger charge is 2.20. The van der Waals surface area contributed by atoms with Crippen LogP contribution in [0.4, 0.5) is 0 Å². The molecule has 5 nitrogen and oxygen atoms in total. The first-order valence-electron chi connectivity index (χ1n) is 8.38. The fourth-order valence-corrected chi connectivity index (χ4v) is 3.46. The van der Waals surface area contributed by atoms with Gasteiger partial charge in [0.1, 0.15) is 0 Å². The Morgan fingerprint density at radius 1 is 1.38 bits per heavy atom. The molecule has 2 aliphatic rings. The summed E-state index contributed by atoms with van der Waals surface area (Å²) in [5.74, 6) is 0.730. The number of likely N-dealkylation sites (tertiary alicyclic amines) is 1. The van der Waals surface area contributed by atoms with E-state index < -0.39 is 6.10 Å². The van der Waals surface area contributed by atoms with Crippen molar-refractivity contribution < 1.29 is 14.6 Å². The van der Waals surface area contributed by atoms with E-state index in [0.29, 0.717) is 19.8 Å². The molecule has 3 unspecified atom stereocenters. The molecule has 0 radical (unpaired) electrons. The molecule has 2 heterocycles. The van der Waals surface area contributed by atoms with Crippen LogP contribution in [0.5, 0.6) is 0 Å². The quantitative estimate of drug-likeness (QED) is 0.719.